The van der Waals surface area contributed by atoms with Crippen molar-refractivity contribution in [2.45, 2.75) is 27.8 Å². The molecule has 1 amide bonds. The molecule has 1 heterocycles. The maximum absolute atomic E-state index is 12.2. The number of rotatable bonds is 5. The third kappa shape index (κ3) is 3.97. The van der Waals surface area contributed by atoms with Crippen LogP contribution in [0.3, 0.4) is 0 Å². The molecule has 7 heteroatoms. The van der Waals surface area contributed by atoms with Gasteiger partial charge in [0.2, 0.25) is 5.91 Å². The summed E-state index contributed by atoms with van der Waals surface area (Å²) in [5.41, 5.74) is 1.91. The number of hydrogen-bond donors (Lipinski definition) is 1. The largest absolute Gasteiger partial charge is 0.325 e. The molecule has 4 nitrogen and oxygen atoms in total. The van der Waals surface area contributed by atoms with Crippen molar-refractivity contribution in [3.63, 3.8) is 0 Å². The number of benzene rings is 1. The smallest absolute Gasteiger partial charge is 0.237 e. The van der Waals surface area contributed by atoms with Crippen LogP contribution >= 0.6 is 34.9 Å². The second-order valence-corrected chi connectivity index (χ2v) is 7.72. The number of nitrogens with zero attached hydrogens (tertiary/aromatic N) is 2. The van der Waals surface area contributed by atoms with E-state index < -0.39 is 0 Å². The Morgan fingerprint density at radius 2 is 2.00 bits per heavy atom. The topological polar surface area (TPSA) is 54.9 Å². The summed E-state index contributed by atoms with van der Waals surface area (Å²) in [6.07, 6.45) is 1.96. The van der Waals surface area contributed by atoms with Gasteiger partial charge in [0.15, 0.2) is 8.68 Å². The van der Waals surface area contributed by atoms with Crippen LogP contribution in [0, 0.1) is 6.92 Å². The second kappa shape index (κ2) is 7.10. The molecule has 1 atom stereocenters. The lowest BCUT2D eigenvalue weighted by Crippen LogP contribution is -2.22. The molecule has 2 aromatic rings. The molecule has 0 spiro atoms. The van der Waals surface area contributed by atoms with Gasteiger partial charge in [-0.15, -0.1) is 10.2 Å². The van der Waals surface area contributed by atoms with Crippen molar-refractivity contribution >= 4 is 46.5 Å². The Labute approximate surface area is 130 Å². The van der Waals surface area contributed by atoms with Gasteiger partial charge in [-0.05, 0) is 31.7 Å². The molecule has 0 aliphatic rings. The first-order valence-electron chi connectivity index (χ1n) is 6.01. The molecule has 0 unspecified atom stereocenters. The number of carbonyl (C=O) groups is 1. The number of aryl methyl sites for hydroxylation is 1. The molecule has 0 saturated carbocycles. The fraction of sp³-hybridized carbons (Fsp3) is 0.308. The number of aromatic nitrogens is 2. The van der Waals surface area contributed by atoms with Crippen molar-refractivity contribution in [1.29, 1.82) is 0 Å². The van der Waals surface area contributed by atoms with Gasteiger partial charge in [-0.1, -0.05) is 53.1 Å². The Balaban J connectivity index is 1.97. The van der Waals surface area contributed by atoms with Gasteiger partial charge in [-0.25, -0.2) is 0 Å². The molecule has 0 fully saturated rings. The van der Waals surface area contributed by atoms with E-state index >= 15 is 0 Å². The minimum Gasteiger partial charge on any atom is -0.325 e. The maximum atomic E-state index is 12.2. The predicted molar refractivity (Wildman–Crippen MR) is 86.8 cm³/mol. The van der Waals surface area contributed by atoms with Crippen molar-refractivity contribution in [2.75, 3.05) is 11.6 Å². The van der Waals surface area contributed by atoms with E-state index in [0.29, 0.717) is 0 Å². The lowest BCUT2D eigenvalue weighted by atomic mass is 10.2. The van der Waals surface area contributed by atoms with Crippen molar-refractivity contribution in [2.24, 2.45) is 0 Å². The Kier molecular flexibility index (Phi) is 5.45. The molecule has 20 heavy (non-hydrogen) atoms. The van der Waals surface area contributed by atoms with Gasteiger partial charge >= 0.3 is 0 Å². The Hall–Kier alpha value is -1.05. The second-order valence-electron chi connectivity index (χ2n) is 4.10. The number of para-hydroxylation sites is 1. The van der Waals surface area contributed by atoms with Crippen LogP contribution in [0.15, 0.2) is 32.9 Å². The molecule has 2 rings (SSSR count). The van der Waals surface area contributed by atoms with Gasteiger partial charge in [0, 0.05) is 5.69 Å². The van der Waals surface area contributed by atoms with E-state index in [4.69, 9.17) is 0 Å². The summed E-state index contributed by atoms with van der Waals surface area (Å²) < 4.78 is 1.74. The van der Waals surface area contributed by atoms with Crippen LogP contribution in [-0.2, 0) is 4.79 Å². The summed E-state index contributed by atoms with van der Waals surface area (Å²) in [5.74, 6) is -0.0230. The lowest BCUT2D eigenvalue weighted by Gasteiger charge is -2.11. The summed E-state index contributed by atoms with van der Waals surface area (Å²) in [4.78, 5) is 12.2. The lowest BCUT2D eigenvalue weighted by molar-refractivity contribution is -0.115. The highest BCUT2D eigenvalue weighted by atomic mass is 32.2. The van der Waals surface area contributed by atoms with Gasteiger partial charge in [-0.3, -0.25) is 4.79 Å². The molecule has 0 bridgehead atoms. The SMILES string of the molecule is CSc1nnc(S[C@H](C)C(=O)Nc2ccccc2C)s1. The molecule has 0 radical (unpaired) electrons. The minimum absolute atomic E-state index is 0.0230. The number of anilines is 1. The zero-order valence-electron chi connectivity index (χ0n) is 11.4. The van der Waals surface area contributed by atoms with Gasteiger partial charge in [-0.2, -0.15) is 0 Å². The quantitative estimate of drug-likeness (QED) is 0.850. The van der Waals surface area contributed by atoms with Crippen molar-refractivity contribution in [1.82, 2.24) is 10.2 Å². The van der Waals surface area contributed by atoms with E-state index in [9.17, 15) is 4.79 Å². The van der Waals surface area contributed by atoms with Crippen LogP contribution in [0.25, 0.3) is 0 Å². The predicted octanol–water partition coefficient (Wildman–Crippen LogP) is 3.69. The standard InChI is InChI=1S/C13H15N3OS3/c1-8-6-4-5-7-10(8)14-11(17)9(2)19-13-16-15-12(18-3)20-13/h4-7,9H,1-3H3,(H,14,17)/t9-/m1/s1. The molecule has 0 aliphatic heterocycles. The maximum Gasteiger partial charge on any atom is 0.237 e. The number of thioether (sulfide) groups is 2. The summed E-state index contributed by atoms with van der Waals surface area (Å²) >= 11 is 4.50. The highest BCUT2D eigenvalue weighted by Gasteiger charge is 2.17. The summed E-state index contributed by atoms with van der Waals surface area (Å²) in [6.45, 7) is 3.85. The number of carbonyl (C=O) groups excluding carboxylic acids is 1. The van der Waals surface area contributed by atoms with Crippen LogP contribution in [0.5, 0.6) is 0 Å². The Morgan fingerprint density at radius 3 is 2.65 bits per heavy atom. The first kappa shape index (κ1) is 15.3. The molecule has 106 valence electrons. The Morgan fingerprint density at radius 1 is 1.30 bits per heavy atom. The van der Waals surface area contributed by atoms with E-state index in [-0.39, 0.29) is 11.2 Å². The van der Waals surface area contributed by atoms with E-state index in [0.717, 1.165) is 19.9 Å². The number of hydrogen-bond acceptors (Lipinski definition) is 6. The van der Waals surface area contributed by atoms with Gasteiger partial charge in [0.05, 0.1) is 5.25 Å². The van der Waals surface area contributed by atoms with Gasteiger partial charge in [0.1, 0.15) is 0 Å². The highest BCUT2D eigenvalue weighted by molar-refractivity contribution is 8.03. The third-order valence-corrected chi connectivity index (χ3v) is 5.70. The Bertz CT molecular complexity index is 600. The zero-order chi connectivity index (χ0) is 14.5. The molecule has 0 saturated heterocycles. The van der Waals surface area contributed by atoms with Crippen molar-refractivity contribution in [3.8, 4) is 0 Å². The molecular weight excluding hydrogens is 310 g/mol. The molecule has 0 aliphatic carbocycles. The number of amides is 1. The van der Waals surface area contributed by atoms with Crippen LogP contribution in [0.2, 0.25) is 0 Å². The summed E-state index contributed by atoms with van der Waals surface area (Å²) in [7, 11) is 0. The molecular formula is C13H15N3OS3. The fourth-order valence-corrected chi connectivity index (χ4v) is 4.06. The summed E-state index contributed by atoms with van der Waals surface area (Å²) in [5, 5.41) is 10.8. The van der Waals surface area contributed by atoms with Crippen LogP contribution in [-0.4, -0.2) is 27.6 Å². The summed E-state index contributed by atoms with van der Waals surface area (Å²) in [6, 6.07) is 7.74. The first-order valence-corrected chi connectivity index (χ1v) is 8.93. The molecule has 1 aromatic heterocycles. The van der Waals surface area contributed by atoms with Crippen LogP contribution in [0.4, 0.5) is 5.69 Å². The normalized spacial score (nSPS) is 12.2. The highest BCUT2D eigenvalue weighted by Crippen LogP contribution is 2.30. The van der Waals surface area contributed by atoms with E-state index in [1.807, 2.05) is 44.4 Å². The third-order valence-electron chi connectivity index (χ3n) is 2.61. The van der Waals surface area contributed by atoms with Crippen LogP contribution < -0.4 is 5.32 Å². The van der Waals surface area contributed by atoms with Gasteiger partial charge in [0.25, 0.3) is 0 Å². The van der Waals surface area contributed by atoms with Gasteiger partial charge < -0.3 is 5.32 Å². The van der Waals surface area contributed by atoms with E-state index in [1.165, 1.54) is 23.1 Å². The minimum atomic E-state index is -0.211. The van der Waals surface area contributed by atoms with E-state index in [2.05, 4.69) is 15.5 Å². The van der Waals surface area contributed by atoms with Crippen LogP contribution in [0.1, 0.15) is 12.5 Å². The fourth-order valence-electron chi connectivity index (χ4n) is 1.48. The molecule has 1 aromatic carbocycles. The van der Waals surface area contributed by atoms with Crippen molar-refractivity contribution in [3.05, 3.63) is 29.8 Å². The van der Waals surface area contributed by atoms with E-state index in [1.54, 1.807) is 11.8 Å². The zero-order valence-corrected chi connectivity index (χ0v) is 13.9. The average molecular weight is 325 g/mol. The molecule has 1 N–H and O–H groups in total. The average Bonchev–Trinajstić information content (AvgIpc) is 2.89. The monoisotopic (exact) mass is 325 g/mol. The first-order chi connectivity index (χ1) is 9.60. The number of nitrogens with one attached hydrogen (secondary N) is 1. The van der Waals surface area contributed by atoms with Crippen molar-refractivity contribution < 1.29 is 4.79 Å².